The summed E-state index contributed by atoms with van der Waals surface area (Å²) in [5, 5.41) is 8.57. The highest BCUT2D eigenvalue weighted by Gasteiger charge is 2.37. The molecule has 2 rings (SSSR count). The molecular formula is C10H15NO6S2. The zero-order chi connectivity index (χ0) is 14.3. The van der Waals surface area contributed by atoms with E-state index in [-0.39, 0.29) is 28.8 Å². The van der Waals surface area contributed by atoms with E-state index in [1.54, 1.807) is 0 Å². The number of nitrogens with zero attached hydrogens (tertiary/aromatic N) is 1. The smallest absolute Gasteiger partial charge is 0.276 e. The molecule has 1 aromatic rings. The van der Waals surface area contributed by atoms with Crippen LogP contribution in [0.4, 0.5) is 0 Å². The quantitative estimate of drug-likeness (QED) is 0.810. The van der Waals surface area contributed by atoms with E-state index in [4.69, 9.17) is 9.52 Å². The Bertz CT molecular complexity index is 660. The molecule has 1 saturated heterocycles. The minimum Gasteiger partial charge on any atom is -0.446 e. The third-order valence-electron chi connectivity index (χ3n) is 3.15. The Labute approximate surface area is 111 Å². The van der Waals surface area contributed by atoms with E-state index in [1.165, 1.54) is 19.2 Å². The number of sulfonamides is 1. The first kappa shape index (κ1) is 14.5. The summed E-state index contributed by atoms with van der Waals surface area (Å²) >= 11 is 0. The van der Waals surface area contributed by atoms with Crippen molar-refractivity contribution in [3.05, 3.63) is 17.9 Å². The Hall–Kier alpha value is -0.900. The second kappa shape index (κ2) is 4.89. The first-order valence-electron chi connectivity index (χ1n) is 5.64. The fourth-order valence-corrected chi connectivity index (χ4v) is 5.16. The summed E-state index contributed by atoms with van der Waals surface area (Å²) in [5.74, 6) is -0.0283. The van der Waals surface area contributed by atoms with E-state index in [9.17, 15) is 16.8 Å². The predicted molar refractivity (Wildman–Crippen MR) is 66.6 cm³/mol. The second-order valence-corrected chi connectivity index (χ2v) is 8.61. The lowest BCUT2D eigenvalue weighted by Gasteiger charge is -2.21. The molecule has 1 N–H and O–H groups in total. The molecule has 0 radical (unpaired) electrons. The number of sulfone groups is 1. The van der Waals surface area contributed by atoms with Gasteiger partial charge in [-0.3, -0.25) is 0 Å². The van der Waals surface area contributed by atoms with Gasteiger partial charge in [-0.15, -0.1) is 0 Å². The number of aliphatic hydroxyl groups is 1. The average molecular weight is 309 g/mol. The molecule has 7 nitrogen and oxygen atoms in total. The van der Waals surface area contributed by atoms with Crippen molar-refractivity contribution < 1.29 is 26.4 Å². The first-order chi connectivity index (χ1) is 8.76. The van der Waals surface area contributed by atoms with E-state index in [0.717, 1.165) is 4.31 Å². The van der Waals surface area contributed by atoms with E-state index in [1.807, 2.05) is 0 Å². The topological polar surface area (TPSA) is 105 Å². The van der Waals surface area contributed by atoms with Crippen LogP contribution in [-0.4, -0.2) is 50.8 Å². The van der Waals surface area contributed by atoms with Gasteiger partial charge in [-0.05, 0) is 18.6 Å². The lowest BCUT2D eigenvalue weighted by atomic mass is 10.3. The number of hydrogen-bond acceptors (Lipinski definition) is 6. The van der Waals surface area contributed by atoms with E-state index >= 15 is 0 Å². The van der Waals surface area contributed by atoms with Crippen molar-refractivity contribution in [2.75, 3.05) is 18.6 Å². The molecule has 19 heavy (non-hydrogen) atoms. The SMILES string of the molecule is CN(C1CCS(=O)(=O)C1)S(=O)(=O)c1ccc(CO)o1. The Morgan fingerprint density at radius 2 is 2.16 bits per heavy atom. The van der Waals surface area contributed by atoms with Crippen LogP contribution in [0.1, 0.15) is 12.2 Å². The van der Waals surface area contributed by atoms with Crippen molar-refractivity contribution >= 4 is 19.9 Å². The highest BCUT2D eigenvalue weighted by molar-refractivity contribution is 7.92. The van der Waals surface area contributed by atoms with Crippen LogP contribution in [0.3, 0.4) is 0 Å². The largest absolute Gasteiger partial charge is 0.446 e. The monoisotopic (exact) mass is 309 g/mol. The van der Waals surface area contributed by atoms with Crippen molar-refractivity contribution in [2.45, 2.75) is 24.2 Å². The highest BCUT2D eigenvalue weighted by atomic mass is 32.2. The molecule has 0 saturated carbocycles. The molecule has 1 aliphatic rings. The molecule has 0 amide bonds. The summed E-state index contributed by atoms with van der Waals surface area (Å²) in [6, 6.07) is 2.05. The summed E-state index contributed by atoms with van der Waals surface area (Å²) in [5.41, 5.74) is 0. The number of aliphatic hydroxyl groups excluding tert-OH is 1. The fourth-order valence-electron chi connectivity index (χ4n) is 1.98. The van der Waals surface area contributed by atoms with Gasteiger partial charge in [0.2, 0.25) is 5.09 Å². The van der Waals surface area contributed by atoms with Crippen molar-refractivity contribution in [3.8, 4) is 0 Å². The van der Waals surface area contributed by atoms with Crippen molar-refractivity contribution in [2.24, 2.45) is 0 Å². The van der Waals surface area contributed by atoms with E-state index in [2.05, 4.69) is 0 Å². The minimum atomic E-state index is -3.87. The molecule has 1 atom stereocenters. The Balaban J connectivity index is 2.25. The van der Waals surface area contributed by atoms with Crippen molar-refractivity contribution in [1.29, 1.82) is 0 Å². The number of furan rings is 1. The van der Waals surface area contributed by atoms with Crippen LogP contribution in [0, 0.1) is 0 Å². The maximum atomic E-state index is 12.2. The maximum Gasteiger partial charge on any atom is 0.276 e. The van der Waals surface area contributed by atoms with Gasteiger partial charge in [0.25, 0.3) is 10.0 Å². The van der Waals surface area contributed by atoms with Crippen LogP contribution in [-0.2, 0) is 26.5 Å². The van der Waals surface area contributed by atoms with Gasteiger partial charge in [0.15, 0.2) is 9.84 Å². The summed E-state index contributed by atoms with van der Waals surface area (Å²) in [6.45, 7) is -0.392. The van der Waals surface area contributed by atoms with Gasteiger partial charge in [0, 0.05) is 13.1 Å². The van der Waals surface area contributed by atoms with Gasteiger partial charge < -0.3 is 9.52 Å². The molecule has 1 aromatic heterocycles. The van der Waals surface area contributed by atoms with Crippen LogP contribution in [0.2, 0.25) is 0 Å². The van der Waals surface area contributed by atoms with Gasteiger partial charge in [-0.2, -0.15) is 4.31 Å². The Morgan fingerprint density at radius 3 is 2.63 bits per heavy atom. The maximum absolute atomic E-state index is 12.2. The van der Waals surface area contributed by atoms with Crippen LogP contribution in [0.5, 0.6) is 0 Å². The van der Waals surface area contributed by atoms with Crippen LogP contribution < -0.4 is 0 Å². The zero-order valence-electron chi connectivity index (χ0n) is 10.3. The summed E-state index contributed by atoms with van der Waals surface area (Å²) in [7, 11) is -5.69. The van der Waals surface area contributed by atoms with Gasteiger partial charge >= 0.3 is 0 Å². The standard InChI is InChI=1S/C10H15NO6S2/c1-11(8-4-5-18(13,14)7-8)19(15,16)10-3-2-9(6-12)17-10/h2-3,8,12H,4-7H2,1H3. The first-order valence-corrected chi connectivity index (χ1v) is 8.90. The second-order valence-electron chi connectivity index (χ2n) is 4.46. The molecule has 2 heterocycles. The van der Waals surface area contributed by atoms with Crippen LogP contribution in [0.15, 0.2) is 21.6 Å². The van der Waals surface area contributed by atoms with Crippen LogP contribution in [0.25, 0.3) is 0 Å². The predicted octanol–water partition coefficient (Wildman–Crippen LogP) is -0.421. The fraction of sp³-hybridized carbons (Fsp3) is 0.600. The van der Waals surface area contributed by atoms with Gasteiger partial charge in [0.05, 0.1) is 11.5 Å². The number of rotatable bonds is 4. The normalized spacial score (nSPS) is 23.0. The van der Waals surface area contributed by atoms with Gasteiger partial charge in [0.1, 0.15) is 12.4 Å². The third-order valence-corrected chi connectivity index (χ3v) is 6.68. The molecule has 0 bridgehead atoms. The lowest BCUT2D eigenvalue weighted by molar-refractivity contribution is 0.234. The Morgan fingerprint density at radius 1 is 1.47 bits per heavy atom. The summed E-state index contributed by atoms with van der Waals surface area (Å²) < 4.78 is 53.2. The molecule has 0 aromatic carbocycles. The summed E-state index contributed by atoms with van der Waals surface area (Å²) in [4.78, 5) is 0. The molecule has 0 spiro atoms. The third kappa shape index (κ3) is 2.83. The van der Waals surface area contributed by atoms with Gasteiger partial charge in [-0.25, -0.2) is 16.8 Å². The van der Waals surface area contributed by atoms with E-state index in [0.29, 0.717) is 0 Å². The zero-order valence-corrected chi connectivity index (χ0v) is 11.9. The molecule has 108 valence electrons. The highest BCUT2D eigenvalue weighted by Crippen LogP contribution is 2.24. The molecule has 9 heteroatoms. The van der Waals surface area contributed by atoms with Crippen molar-refractivity contribution in [1.82, 2.24) is 4.31 Å². The molecule has 1 unspecified atom stereocenters. The number of hydrogen-bond donors (Lipinski definition) is 1. The van der Waals surface area contributed by atoms with E-state index < -0.39 is 32.5 Å². The molecular weight excluding hydrogens is 294 g/mol. The summed E-state index contributed by atoms with van der Waals surface area (Å²) in [6.07, 6.45) is 0.283. The van der Waals surface area contributed by atoms with Gasteiger partial charge in [-0.1, -0.05) is 0 Å². The molecule has 0 aliphatic carbocycles. The molecule has 1 fully saturated rings. The minimum absolute atomic E-state index is 0.00241. The Kier molecular flexibility index (Phi) is 3.74. The van der Waals surface area contributed by atoms with Crippen molar-refractivity contribution in [3.63, 3.8) is 0 Å². The molecule has 1 aliphatic heterocycles. The van der Waals surface area contributed by atoms with Crippen LogP contribution >= 0.6 is 0 Å². The lowest BCUT2D eigenvalue weighted by Crippen LogP contribution is -2.37. The average Bonchev–Trinajstić information content (AvgIpc) is 2.94.